The molecule has 2 N–H and O–H groups in total. The van der Waals surface area contributed by atoms with Gasteiger partial charge in [0, 0.05) is 12.1 Å². The Morgan fingerprint density at radius 3 is 2.40 bits per heavy atom. The Bertz CT molecular complexity index is 1040. The van der Waals surface area contributed by atoms with E-state index in [-0.39, 0.29) is 36.1 Å². The van der Waals surface area contributed by atoms with Crippen molar-refractivity contribution in [3.63, 3.8) is 0 Å². The summed E-state index contributed by atoms with van der Waals surface area (Å²) < 4.78 is 13.2. The summed E-state index contributed by atoms with van der Waals surface area (Å²) in [7, 11) is 0. The topological polar surface area (TPSA) is 95.6 Å². The molecule has 1 heterocycles. The zero-order valence-electron chi connectivity index (χ0n) is 20.1. The third kappa shape index (κ3) is 7.73. The highest BCUT2D eigenvalue weighted by Crippen LogP contribution is 2.13. The molecule has 0 aliphatic carbocycles. The second-order valence-corrected chi connectivity index (χ2v) is 9.31. The Kier molecular flexibility index (Phi) is 9.11. The molecule has 8 heteroatoms. The van der Waals surface area contributed by atoms with Crippen LogP contribution in [0.3, 0.4) is 0 Å². The molecule has 0 aromatic heterocycles. The summed E-state index contributed by atoms with van der Waals surface area (Å²) in [6.45, 7) is 4.24. The summed E-state index contributed by atoms with van der Waals surface area (Å²) in [5.74, 6) is -1.64. The molecule has 7 nitrogen and oxygen atoms in total. The van der Waals surface area contributed by atoms with E-state index >= 15 is 0 Å². The number of carbonyl (C=O) groups excluding carboxylic acids is 4. The first-order chi connectivity index (χ1) is 16.7. The summed E-state index contributed by atoms with van der Waals surface area (Å²) in [5.41, 5.74) is 1.12. The molecule has 186 valence electrons. The number of hydrogen-bond acceptors (Lipinski definition) is 4. The van der Waals surface area contributed by atoms with Crippen molar-refractivity contribution in [1.29, 1.82) is 0 Å². The summed E-state index contributed by atoms with van der Waals surface area (Å²) in [4.78, 5) is 52.8. The van der Waals surface area contributed by atoms with Gasteiger partial charge in [0.05, 0.1) is 19.0 Å². The van der Waals surface area contributed by atoms with Gasteiger partial charge in [-0.2, -0.15) is 0 Å². The van der Waals surface area contributed by atoms with Crippen LogP contribution in [-0.2, 0) is 20.8 Å². The number of benzene rings is 2. The van der Waals surface area contributed by atoms with E-state index in [0.717, 1.165) is 5.56 Å². The van der Waals surface area contributed by atoms with Gasteiger partial charge in [0.15, 0.2) is 5.78 Å². The molecule has 0 spiro atoms. The van der Waals surface area contributed by atoms with E-state index in [1.807, 2.05) is 44.2 Å². The molecule has 2 unspecified atom stereocenters. The molecule has 3 rings (SSSR count). The van der Waals surface area contributed by atoms with Crippen LogP contribution in [0.2, 0.25) is 0 Å². The zero-order valence-corrected chi connectivity index (χ0v) is 20.1. The maximum Gasteiger partial charge on any atom is 0.251 e. The highest BCUT2D eigenvalue weighted by molar-refractivity contribution is 5.99. The maximum absolute atomic E-state index is 13.2. The van der Waals surface area contributed by atoms with Gasteiger partial charge in [-0.3, -0.25) is 19.2 Å². The predicted octanol–water partition coefficient (Wildman–Crippen LogP) is 2.89. The minimum atomic E-state index is -0.848. The molecule has 2 aromatic carbocycles. The smallest absolute Gasteiger partial charge is 0.251 e. The van der Waals surface area contributed by atoms with Crippen LogP contribution in [-0.4, -0.2) is 53.6 Å². The monoisotopic (exact) mass is 481 g/mol. The van der Waals surface area contributed by atoms with Crippen LogP contribution in [0.25, 0.3) is 0 Å². The highest BCUT2D eigenvalue weighted by atomic mass is 19.1. The van der Waals surface area contributed by atoms with E-state index in [4.69, 9.17) is 0 Å². The van der Waals surface area contributed by atoms with E-state index in [2.05, 4.69) is 10.6 Å². The van der Waals surface area contributed by atoms with Gasteiger partial charge in [0.2, 0.25) is 11.8 Å². The molecular weight excluding hydrogens is 449 g/mol. The number of nitrogens with zero attached hydrogens (tertiary/aromatic N) is 1. The fourth-order valence-corrected chi connectivity index (χ4v) is 4.09. The number of halogens is 1. The first-order valence-electron chi connectivity index (χ1n) is 11.9. The number of hydrogen-bond donors (Lipinski definition) is 2. The van der Waals surface area contributed by atoms with E-state index in [9.17, 15) is 23.6 Å². The quantitative estimate of drug-likeness (QED) is 0.606. The third-order valence-electron chi connectivity index (χ3n) is 5.96. The van der Waals surface area contributed by atoms with Gasteiger partial charge in [-0.1, -0.05) is 44.2 Å². The first-order valence-corrected chi connectivity index (χ1v) is 11.9. The van der Waals surface area contributed by atoms with E-state index in [0.29, 0.717) is 25.8 Å². The largest absolute Gasteiger partial charge is 0.344 e. The second kappa shape index (κ2) is 12.2. The van der Waals surface area contributed by atoms with Crippen LogP contribution in [0.15, 0.2) is 54.6 Å². The minimum absolute atomic E-state index is 0.0621. The van der Waals surface area contributed by atoms with Crippen molar-refractivity contribution in [2.45, 2.75) is 51.6 Å². The molecule has 35 heavy (non-hydrogen) atoms. The third-order valence-corrected chi connectivity index (χ3v) is 5.96. The average Bonchev–Trinajstić information content (AvgIpc) is 3.00. The Hall–Kier alpha value is -3.55. The van der Waals surface area contributed by atoms with Crippen LogP contribution >= 0.6 is 0 Å². The zero-order chi connectivity index (χ0) is 25.4. The normalized spacial score (nSPS) is 17.0. The lowest BCUT2D eigenvalue weighted by Gasteiger charge is -2.23. The fraction of sp³-hybridized carbons (Fsp3) is 0.407. The molecule has 3 amide bonds. The molecule has 0 bridgehead atoms. The van der Waals surface area contributed by atoms with Crippen LogP contribution < -0.4 is 10.6 Å². The summed E-state index contributed by atoms with van der Waals surface area (Å²) >= 11 is 0. The van der Waals surface area contributed by atoms with Crippen LogP contribution in [0.5, 0.6) is 0 Å². The summed E-state index contributed by atoms with van der Waals surface area (Å²) in [5, 5.41) is 5.50. The van der Waals surface area contributed by atoms with Gasteiger partial charge in [-0.05, 0) is 55.0 Å². The Labute approximate surface area is 205 Å². The SMILES string of the molecule is CC(C)CC(NC(=O)c1ccc(F)cc1)C(=O)NC1CCCN(C(=O)Cc2ccccc2)CC1=O. The average molecular weight is 482 g/mol. The molecule has 0 saturated carbocycles. The highest BCUT2D eigenvalue weighted by Gasteiger charge is 2.31. The lowest BCUT2D eigenvalue weighted by atomic mass is 10.0. The molecular formula is C27H32FN3O4. The number of amides is 3. The van der Waals surface area contributed by atoms with Crippen molar-refractivity contribution < 1.29 is 23.6 Å². The number of nitrogens with one attached hydrogen (secondary N) is 2. The standard InChI is InChI=1S/C27H32FN3O4/c1-18(2)15-23(30-26(34)20-10-12-21(28)13-11-20)27(35)29-22-9-6-14-31(17-24(22)32)25(33)16-19-7-4-3-5-8-19/h3-5,7-8,10-13,18,22-23H,6,9,14-17H2,1-2H3,(H,29,35)(H,30,34). The summed E-state index contributed by atoms with van der Waals surface area (Å²) in [6, 6.07) is 12.8. The number of ketones is 1. The predicted molar refractivity (Wildman–Crippen MR) is 130 cm³/mol. The van der Waals surface area contributed by atoms with Crippen molar-refractivity contribution in [3.8, 4) is 0 Å². The Morgan fingerprint density at radius 2 is 1.74 bits per heavy atom. The van der Waals surface area contributed by atoms with Crippen molar-refractivity contribution in [3.05, 3.63) is 71.5 Å². The fourth-order valence-electron chi connectivity index (χ4n) is 4.09. The minimum Gasteiger partial charge on any atom is -0.344 e. The van der Waals surface area contributed by atoms with Gasteiger partial charge >= 0.3 is 0 Å². The number of likely N-dealkylation sites (tertiary alicyclic amines) is 1. The Balaban J connectivity index is 1.61. The second-order valence-electron chi connectivity index (χ2n) is 9.31. The molecule has 1 aliphatic heterocycles. The van der Waals surface area contributed by atoms with Crippen LogP contribution in [0.4, 0.5) is 4.39 Å². The molecule has 1 saturated heterocycles. The first kappa shape index (κ1) is 26.1. The molecule has 0 radical (unpaired) electrons. The van der Waals surface area contributed by atoms with Crippen molar-refractivity contribution in [2.75, 3.05) is 13.1 Å². The van der Waals surface area contributed by atoms with Crippen LogP contribution in [0.1, 0.15) is 49.0 Å². The summed E-state index contributed by atoms with van der Waals surface area (Å²) in [6.07, 6.45) is 1.59. The van der Waals surface area contributed by atoms with Gasteiger partial charge in [0.1, 0.15) is 11.9 Å². The molecule has 1 aliphatic rings. The van der Waals surface area contributed by atoms with E-state index in [1.54, 1.807) is 4.90 Å². The van der Waals surface area contributed by atoms with Crippen molar-refractivity contribution in [1.82, 2.24) is 15.5 Å². The van der Waals surface area contributed by atoms with Gasteiger partial charge in [0.25, 0.3) is 5.91 Å². The van der Waals surface area contributed by atoms with E-state index in [1.165, 1.54) is 24.3 Å². The number of Topliss-reactive ketones (excluding diaryl/α,β-unsaturated/α-hetero) is 1. The number of carbonyl (C=O) groups is 4. The van der Waals surface area contributed by atoms with Crippen molar-refractivity contribution in [2.24, 2.45) is 5.92 Å². The molecule has 1 fully saturated rings. The van der Waals surface area contributed by atoms with Gasteiger partial charge in [-0.25, -0.2) is 4.39 Å². The van der Waals surface area contributed by atoms with Gasteiger partial charge < -0.3 is 15.5 Å². The lowest BCUT2D eigenvalue weighted by Crippen LogP contribution is -2.52. The maximum atomic E-state index is 13.2. The van der Waals surface area contributed by atoms with E-state index < -0.39 is 29.7 Å². The number of rotatable bonds is 8. The van der Waals surface area contributed by atoms with Crippen molar-refractivity contribution >= 4 is 23.5 Å². The molecule has 2 aromatic rings. The van der Waals surface area contributed by atoms with Gasteiger partial charge in [-0.15, -0.1) is 0 Å². The Morgan fingerprint density at radius 1 is 1.06 bits per heavy atom. The van der Waals surface area contributed by atoms with Crippen LogP contribution in [0, 0.1) is 11.7 Å². The molecule has 2 atom stereocenters. The lowest BCUT2D eigenvalue weighted by molar-refractivity contribution is -0.135.